The van der Waals surface area contributed by atoms with Gasteiger partial charge in [0.05, 0.1) is 20.2 Å². The average Bonchev–Trinajstić information content (AvgIpc) is 2.79. The van der Waals surface area contributed by atoms with Gasteiger partial charge in [0, 0.05) is 12.5 Å². The molecule has 0 aliphatic heterocycles. The number of nitrogen functional groups attached to an aromatic ring is 2. The van der Waals surface area contributed by atoms with Crippen LogP contribution < -0.4 is 11.5 Å². The number of rotatable bonds is 2. The smallest absolute Gasteiger partial charge is 0.748 e. The Bertz CT molecular complexity index is 1300. The molecule has 8 nitrogen and oxygen atoms in total. The van der Waals surface area contributed by atoms with Gasteiger partial charge in [-0.3, -0.25) is 0 Å². The number of para-hydroxylation sites is 2. The van der Waals surface area contributed by atoms with Crippen molar-refractivity contribution in [2.45, 2.75) is 0 Å². The topological polar surface area (TPSA) is 166 Å². The Hall–Kier alpha value is -2.38. The summed E-state index contributed by atoms with van der Waals surface area (Å²) in [6.45, 7) is 0. The van der Waals surface area contributed by atoms with Crippen LogP contribution in [0.5, 0.6) is 0 Å². The van der Waals surface area contributed by atoms with Crippen LogP contribution in [0.4, 0.5) is 11.4 Å². The first-order valence-corrected chi connectivity index (χ1v) is 13.8. The summed E-state index contributed by atoms with van der Waals surface area (Å²) in [6.07, 6.45) is 1.21. The average molecular weight is 739 g/mol. The zero-order chi connectivity index (χ0) is 27.2. The van der Waals surface area contributed by atoms with Crippen molar-refractivity contribution in [2.75, 3.05) is 24.0 Å². The summed E-state index contributed by atoms with van der Waals surface area (Å²) >= 11 is 0. The molecule has 0 saturated carbocycles. The van der Waals surface area contributed by atoms with Gasteiger partial charge in [0.15, 0.2) is 0 Å². The molecule has 0 fully saturated rings. The number of nitrogens with two attached hydrogens (primary N) is 2. The van der Waals surface area contributed by atoms with E-state index >= 15 is 0 Å². The van der Waals surface area contributed by atoms with Gasteiger partial charge in [-0.25, -0.2) is 16.8 Å². The molecule has 0 saturated heterocycles. The molecule has 4 N–H and O–H groups in total. The first-order valence-electron chi connectivity index (χ1n) is 10.2. The molecular formula is C26H26N2O6Pd2S2. The molecule has 12 heteroatoms. The quantitative estimate of drug-likeness (QED) is 0.136. The summed E-state index contributed by atoms with van der Waals surface area (Å²) in [5.74, 6) is 0. The first kappa shape index (κ1) is 37.8. The van der Waals surface area contributed by atoms with Crippen LogP contribution in [0.15, 0.2) is 97.1 Å². The molecule has 0 aliphatic rings. The number of hydrogen-bond donors (Lipinski definition) is 2. The molecule has 4 aromatic carbocycles. The maximum absolute atomic E-state index is 9.08. The zero-order valence-electron chi connectivity index (χ0n) is 20.3. The Balaban J connectivity index is 0. The molecule has 0 atom stereocenters. The van der Waals surface area contributed by atoms with Gasteiger partial charge in [-0.1, -0.05) is 47.5 Å². The minimum atomic E-state index is -3.92. The largest absolute Gasteiger partial charge is 2.00 e. The second-order valence-electron chi connectivity index (χ2n) is 7.14. The predicted molar refractivity (Wildman–Crippen MR) is 141 cm³/mol. The van der Waals surface area contributed by atoms with Crippen molar-refractivity contribution in [1.29, 1.82) is 0 Å². The predicted octanol–water partition coefficient (Wildman–Crippen LogP) is 3.79. The maximum atomic E-state index is 9.08. The normalized spacial score (nSPS) is 9.79. The summed E-state index contributed by atoms with van der Waals surface area (Å²) in [5.41, 5.74) is 17.4. The Labute approximate surface area is 252 Å². The van der Waals surface area contributed by atoms with Crippen molar-refractivity contribution in [2.24, 2.45) is 0 Å². The fourth-order valence-corrected chi connectivity index (χ4v) is 2.61. The van der Waals surface area contributed by atoms with Gasteiger partial charge < -0.3 is 20.6 Å². The van der Waals surface area contributed by atoms with E-state index in [2.05, 4.69) is 12.1 Å². The SMILES string of the molecule is CS(=O)(=O)[O-].CS(=O)(=O)[O-].Nc1ccccc1-c1[c-]cccc1.Nc1ccccc1-c1[c-]cccc1.[Pd+2].[Pd+2]. The molecule has 4 aromatic rings. The minimum absolute atomic E-state index is 0. The molecule has 0 unspecified atom stereocenters. The first-order chi connectivity index (χ1) is 16.8. The van der Waals surface area contributed by atoms with Gasteiger partial charge in [-0.05, 0) is 23.5 Å². The van der Waals surface area contributed by atoms with Crippen LogP contribution in [0.25, 0.3) is 22.3 Å². The number of anilines is 2. The van der Waals surface area contributed by atoms with Crippen LogP contribution >= 0.6 is 0 Å². The molecule has 4 rings (SSSR count). The van der Waals surface area contributed by atoms with Crippen molar-refractivity contribution in [1.82, 2.24) is 0 Å². The van der Waals surface area contributed by atoms with Gasteiger partial charge in [0.25, 0.3) is 0 Å². The maximum Gasteiger partial charge on any atom is 2.00 e. The summed E-state index contributed by atoms with van der Waals surface area (Å²) in [4.78, 5) is 0. The molecule has 0 bridgehead atoms. The molecule has 0 aromatic heterocycles. The van der Waals surface area contributed by atoms with E-state index in [0.29, 0.717) is 12.5 Å². The van der Waals surface area contributed by atoms with E-state index in [1.165, 1.54) is 0 Å². The fourth-order valence-electron chi connectivity index (χ4n) is 2.61. The van der Waals surface area contributed by atoms with Gasteiger partial charge >= 0.3 is 40.8 Å². The third kappa shape index (κ3) is 18.8. The van der Waals surface area contributed by atoms with Crippen LogP contribution in [0.1, 0.15) is 0 Å². The fraction of sp³-hybridized carbons (Fsp3) is 0.0769. The third-order valence-electron chi connectivity index (χ3n) is 3.92. The summed E-state index contributed by atoms with van der Waals surface area (Å²) in [5, 5.41) is 0. The van der Waals surface area contributed by atoms with Crippen LogP contribution in [-0.2, 0) is 61.1 Å². The second-order valence-corrected chi connectivity index (χ2v) is 9.95. The molecule has 0 spiro atoms. The number of hydrogen-bond acceptors (Lipinski definition) is 8. The molecule has 0 heterocycles. The molecule has 208 valence electrons. The van der Waals surface area contributed by atoms with E-state index < -0.39 is 20.2 Å². The third-order valence-corrected chi connectivity index (χ3v) is 3.92. The molecule has 0 radical (unpaired) electrons. The van der Waals surface area contributed by atoms with Gasteiger partial charge in [0.2, 0.25) is 0 Å². The summed E-state index contributed by atoms with van der Waals surface area (Å²) < 4.78 is 54.5. The van der Waals surface area contributed by atoms with E-state index in [1.807, 2.05) is 97.1 Å². The van der Waals surface area contributed by atoms with Crippen molar-refractivity contribution in [3.63, 3.8) is 0 Å². The Kier molecular flexibility index (Phi) is 18.7. The summed E-state index contributed by atoms with van der Waals surface area (Å²) in [7, 11) is -7.83. The van der Waals surface area contributed by atoms with Crippen LogP contribution in [0, 0.1) is 12.1 Å². The van der Waals surface area contributed by atoms with Crippen molar-refractivity contribution in [3.8, 4) is 22.3 Å². The van der Waals surface area contributed by atoms with Crippen LogP contribution in [0.3, 0.4) is 0 Å². The van der Waals surface area contributed by atoms with E-state index in [1.54, 1.807) is 0 Å². The van der Waals surface area contributed by atoms with Crippen LogP contribution in [0.2, 0.25) is 0 Å². The van der Waals surface area contributed by atoms with Crippen molar-refractivity contribution < 1.29 is 66.8 Å². The van der Waals surface area contributed by atoms with Gasteiger partial charge in [0.1, 0.15) is 0 Å². The Morgan fingerprint density at radius 2 is 0.816 bits per heavy atom. The van der Waals surface area contributed by atoms with E-state index in [4.69, 9.17) is 37.4 Å². The molecule has 0 aliphatic carbocycles. The Morgan fingerprint density at radius 3 is 1.05 bits per heavy atom. The monoisotopic (exact) mass is 738 g/mol. The van der Waals surface area contributed by atoms with E-state index in [0.717, 1.165) is 33.6 Å². The number of benzene rings is 4. The van der Waals surface area contributed by atoms with Crippen LogP contribution in [-0.4, -0.2) is 38.5 Å². The minimum Gasteiger partial charge on any atom is -0.748 e. The molecule has 38 heavy (non-hydrogen) atoms. The molecule has 0 amide bonds. The summed E-state index contributed by atoms with van der Waals surface area (Å²) in [6, 6.07) is 37.6. The molecular weight excluding hydrogens is 713 g/mol. The van der Waals surface area contributed by atoms with E-state index in [-0.39, 0.29) is 40.8 Å². The Morgan fingerprint density at radius 1 is 0.553 bits per heavy atom. The standard InChI is InChI=1S/2C12H10N.2CH4O3S.2Pd/c2*13-12-9-5-4-8-11(12)10-6-2-1-3-7-10;2*1-5(2,3)4;;/h2*1-6,8-9H,13H2;2*1H3,(H,2,3,4);;/q2*-1;;;2*+2/p-2. The van der Waals surface area contributed by atoms with Crippen molar-refractivity contribution >= 4 is 31.6 Å². The van der Waals surface area contributed by atoms with Gasteiger partial charge in [-0.15, -0.1) is 71.8 Å². The van der Waals surface area contributed by atoms with Gasteiger partial charge in [-0.2, -0.15) is 0 Å². The second kappa shape index (κ2) is 18.8. The van der Waals surface area contributed by atoms with E-state index in [9.17, 15) is 0 Å². The van der Waals surface area contributed by atoms with Crippen molar-refractivity contribution in [3.05, 3.63) is 109 Å². The zero-order valence-corrected chi connectivity index (χ0v) is 25.0.